The molecule has 2 unspecified atom stereocenters. The van der Waals surface area contributed by atoms with Gasteiger partial charge >= 0.3 is 0 Å². The topological polar surface area (TPSA) is 20.3 Å². The van der Waals surface area contributed by atoms with Crippen molar-refractivity contribution >= 4 is 23.2 Å². The van der Waals surface area contributed by atoms with Gasteiger partial charge in [0.05, 0.1) is 5.69 Å². The first kappa shape index (κ1) is 14.3. The summed E-state index contributed by atoms with van der Waals surface area (Å²) in [6.07, 6.45) is 0.834. The zero-order chi connectivity index (χ0) is 14.4. The Bertz CT molecular complexity index is 513. The van der Waals surface area contributed by atoms with Gasteiger partial charge in [0.15, 0.2) is 0 Å². The fourth-order valence-corrected chi connectivity index (χ4v) is 3.10. The second kappa shape index (κ2) is 4.78. The first-order chi connectivity index (χ1) is 8.74. The number of amides is 1. The Morgan fingerprint density at radius 2 is 2.16 bits per heavy atom. The Hall–Kier alpha value is -1.09. The van der Waals surface area contributed by atoms with Crippen LogP contribution in [-0.2, 0) is 4.79 Å². The minimum atomic E-state index is -0.621. The second-order valence-electron chi connectivity index (χ2n) is 5.91. The molecule has 2 nitrogen and oxygen atoms in total. The number of hydrogen-bond acceptors (Lipinski definition) is 1. The van der Waals surface area contributed by atoms with E-state index >= 15 is 0 Å². The molecule has 104 valence electrons. The van der Waals surface area contributed by atoms with Crippen LogP contribution in [0, 0.1) is 5.82 Å². The highest BCUT2D eigenvalue weighted by Gasteiger charge is 2.41. The number of benzene rings is 1. The molecule has 0 aliphatic carbocycles. The molecular formula is C15H19ClFNO. The monoisotopic (exact) mass is 283 g/mol. The Labute approximate surface area is 118 Å². The Balaban J connectivity index is 2.60. The molecule has 2 rings (SSSR count). The summed E-state index contributed by atoms with van der Waals surface area (Å²) in [5.74, 6) is -0.214. The lowest BCUT2D eigenvalue weighted by Crippen LogP contribution is -2.53. The highest BCUT2D eigenvalue weighted by Crippen LogP contribution is 2.43. The molecule has 0 N–H and O–H groups in total. The van der Waals surface area contributed by atoms with Crippen molar-refractivity contribution < 1.29 is 9.18 Å². The van der Waals surface area contributed by atoms with Crippen LogP contribution in [0.4, 0.5) is 10.1 Å². The van der Waals surface area contributed by atoms with Crippen molar-refractivity contribution in [1.29, 1.82) is 0 Å². The Morgan fingerprint density at radius 3 is 2.74 bits per heavy atom. The second-order valence-corrected chi connectivity index (χ2v) is 6.57. The van der Waals surface area contributed by atoms with Crippen molar-refractivity contribution in [2.45, 2.75) is 50.9 Å². The predicted octanol–water partition coefficient (Wildman–Crippen LogP) is 4.07. The summed E-state index contributed by atoms with van der Waals surface area (Å²) in [5.41, 5.74) is 1.30. The van der Waals surface area contributed by atoms with Crippen molar-refractivity contribution in [2.24, 2.45) is 0 Å². The van der Waals surface area contributed by atoms with Crippen LogP contribution in [-0.4, -0.2) is 16.8 Å². The summed E-state index contributed by atoms with van der Waals surface area (Å²) in [5, 5.41) is -0.621. The van der Waals surface area contributed by atoms with E-state index in [-0.39, 0.29) is 17.3 Å². The molecule has 4 heteroatoms. The number of halogens is 2. The lowest BCUT2D eigenvalue weighted by atomic mass is 9.80. The normalized spacial score (nSPS) is 22.8. The van der Waals surface area contributed by atoms with Crippen molar-refractivity contribution in [1.82, 2.24) is 0 Å². The van der Waals surface area contributed by atoms with Gasteiger partial charge in [-0.15, -0.1) is 11.6 Å². The first-order valence-electron chi connectivity index (χ1n) is 6.51. The number of rotatable bonds is 1. The third kappa shape index (κ3) is 2.48. The number of alkyl halides is 1. The Kier molecular flexibility index (Phi) is 3.61. The van der Waals surface area contributed by atoms with Gasteiger partial charge in [0, 0.05) is 5.54 Å². The van der Waals surface area contributed by atoms with Gasteiger partial charge in [0.2, 0.25) is 5.91 Å². The van der Waals surface area contributed by atoms with Gasteiger partial charge in [0.1, 0.15) is 11.2 Å². The summed E-state index contributed by atoms with van der Waals surface area (Å²) < 4.78 is 13.5. The number of fused-ring (bicyclic) bond motifs is 1. The predicted molar refractivity (Wildman–Crippen MR) is 76.3 cm³/mol. The maximum Gasteiger partial charge on any atom is 0.245 e. The Morgan fingerprint density at radius 1 is 1.53 bits per heavy atom. The van der Waals surface area contributed by atoms with E-state index in [1.54, 1.807) is 17.9 Å². The molecule has 0 spiro atoms. The zero-order valence-corrected chi connectivity index (χ0v) is 12.5. The van der Waals surface area contributed by atoms with Crippen LogP contribution < -0.4 is 4.90 Å². The third-order valence-electron chi connectivity index (χ3n) is 3.74. The van der Waals surface area contributed by atoms with E-state index in [0.717, 1.165) is 12.0 Å². The molecule has 0 fully saturated rings. The van der Waals surface area contributed by atoms with E-state index in [1.165, 1.54) is 12.1 Å². The average molecular weight is 284 g/mol. The molecule has 0 bridgehead atoms. The summed E-state index contributed by atoms with van der Waals surface area (Å²) in [6, 6.07) is 4.65. The third-order valence-corrected chi connectivity index (χ3v) is 3.92. The zero-order valence-electron chi connectivity index (χ0n) is 11.7. The summed E-state index contributed by atoms with van der Waals surface area (Å²) in [6.45, 7) is 7.74. The van der Waals surface area contributed by atoms with Gasteiger partial charge in [0.25, 0.3) is 0 Å². The van der Waals surface area contributed by atoms with Crippen LogP contribution in [0.3, 0.4) is 0 Å². The van der Waals surface area contributed by atoms with Crippen LogP contribution in [0.25, 0.3) is 0 Å². The number of nitrogens with zero attached hydrogens (tertiary/aromatic N) is 1. The maximum absolute atomic E-state index is 13.5. The molecule has 2 atom stereocenters. The van der Waals surface area contributed by atoms with Crippen molar-refractivity contribution in [3.05, 3.63) is 29.6 Å². The molecule has 19 heavy (non-hydrogen) atoms. The molecule has 1 aliphatic rings. The highest BCUT2D eigenvalue weighted by molar-refractivity contribution is 6.32. The van der Waals surface area contributed by atoms with E-state index in [1.807, 2.05) is 13.8 Å². The van der Waals surface area contributed by atoms with Crippen molar-refractivity contribution in [2.75, 3.05) is 4.90 Å². The highest BCUT2D eigenvalue weighted by atomic mass is 35.5. The van der Waals surface area contributed by atoms with Crippen LogP contribution in [0.15, 0.2) is 18.2 Å². The van der Waals surface area contributed by atoms with Gasteiger partial charge < -0.3 is 4.90 Å². The molecule has 0 aromatic heterocycles. The molecule has 1 aromatic rings. The lowest BCUT2D eigenvalue weighted by Gasteiger charge is -2.46. The number of anilines is 1. The first-order valence-corrected chi connectivity index (χ1v) is 6.95. The van der Waals surface area contributed by atoms with Gasteiger partial charge in [-0.05, 0) is 50.8 Å². The number of hydrogen-bond donors (Lipinski definition) is 0. The molecule has 1 amide bonds. The average Bonchev–Trinajstić information content (AvgIpc) is 2.26. The van der Waals surface area contributed by atoms with E-state index in [4.69, 9.17) is 11.6 Å². The quantitative estimate of drug-likeness (QED) is 0.712. The number of carbonyl (C=O) groups is 1. The lowest BCUT2D eigenvalue weighted by molar-refractivity contribution is -0.119. The molecule has 0 radical (unpaired) electrons. The SMILES string of the molecule is CC(Cl)C(=O)N1c2cc(F)ccc2C(C)CC1(C)C. The molecule has 1 heterocycles. The molecule has 0 saturated heterocycles. The van der Waals surface area contributed by atoms with Gasteiger partial charge in [-0.1, -0.05) is 13.0 Å². The van der Waals surface area contributed by atoms with Crippen molar-refractivity contribution in [3.63, 3.8) is 0 Å². The van der Waals surface area contributed by atoms with Crippen LogP contribution in [0.5, 0.6) is 0 Å². The molecule has 1 aromatic carbocycles. The summed E-state index contributed by atoms with van der Waals surface area (Å²) in [4.78, 5) is 14.0. The maximum atomic E-state index is 13.5. The van der Waals surface area contributed by atoms with Crippen LogP contribution in [0.2, 0.25) is 0 Å². The summed E-state index contributed by atoms with van der Waals surface area (Å²) in [7, 11) is 0. The largest absolute Gasteiger partial charge is 0.305 e. The minimum absolute atomic E-state index is 0.176. The van der Waals surface area contributed by atoms with Crippen molar-refractivity contribution in [3.8, 4) is 0 Å². The smallest absolute Gasteiger partial charge is 0.245 e. The van der Waals surface area contributed by atoms with Gasteiger partial charge in [-0.2, -0.15) is 0 Å². The fourth-order valence-electron chi connectivity index (χ4n) is 3.00. The summed E-state index contributed by atoms with van der Waals surface area (Å²) >= 11 is 5.95. The standard InChI is InChI=1S/C15H19ClFNO/c1-9-8-15(3,4)18(14(19)10(2)16)13-7-11(17)5-6-12(9)13/h5-7,9-10H,8H2,1-4H3. The van der Waals surface area contributed by atoms with Gasteiger partial charge in [-0.25, -0.2) is 4.39 Å². The van der Waals surface area contributed by atoms with E-state index in [2.05, 4.69) is 6.92 Å². The van der Waals surface area contributed by atoms with Crippen LogP contribution >= 0.6 is 11.6 Å². The fraction of sp³-hybridized carbons (Fsp3) is 0.533. The van der Waals surface area contributed by atoms with E-state index in [0.29, 0.717) is 11.6 Å². The van der Waals surface area contributed by atoms with Gasteiger partial charge in [-0.3, -0.25) is 4.79 Å². The molecule has 1 aliphatic heterocycles. The van der Waals surface area contributed by atoms with Crippen LogP contribution in [0.1, 0.15) is 45.6 Å². The molecular weight excluding hydrogens is 265 g/mol. The van der Waals surface area contributed by atoms with E-state index in [9.17, 15) is 9.18 Å². The molecule has 0 saturated carbocycles. The number of carbonyl (C=O) groups excluding carboxylic acids is 1. The van der Waals surface area contributed by atoms with E-state index < -0.39 is 5.38 Å². The minimum Gasteiger partial charge on any atom is -0.305 e.